The number of hydrogen-bond acceptors (Lipinski definition) is 6. The number of aryl methyl sites for hydroxylation is 1. The van der Waals surface area contributed by atoms with Gasteiger partial charge in [-0.15, -0.1) is 11.8 Å². The molecule has 0 spiro atoms. The Kier molecular flexibility index (Phi) is 9.41. The van der Waals surface area contributed by atoms with E-state index in [1.54, 1.807) is 18.9 Å². The minimum absolute atomic E-state index is 0.142. The predicted molar refractivity (Wildman–Crippen MR) is 134 cm³/mol. The maximum atomic E-state index is 12.6. The molecule has 2 heterocycles. The molecule has 2 aromatic rings. The highest BCUT2D eigenvalue weighted by Crippen LogP contribution is 2.33. The number of H-pyrrole nitrogens is 1. The number of rotatable bonds is 3. The smallest absolute Gasteiger partial charge is 0.243 e. The average molecular weight is 504 g/mol. The summed E-state index contributed by atoms with van der Waals surface area (Å²) in [6.07, 6.45) is 1.32. The second kappa shape index (κ2) is 12.5. The molecule has 0 bridgehead atoms. The average Bonchev–Trinajstić information content (AvgIpc) is 3.21. The number of carbonyl (C=O) groups excluding carboxylic acids is 4. The van der Waals surface area contributed by atoms with Crippen LogP contribution < -0.4 is 26.0 Å². The van der Waals surface area contributed by atoms with Gasteiger partial charge in [0.2, 0.25) is 23.6 Å². The highest BCUT2D eigenvalue weighted by molar-refractivity contribution is 7.99. The van der Waals surface area contributed by atoms with Crippen molar-refractivity contribution in [1.82, 2.24) is 26.3 Å². The third-order valence-electron chi connectivity index (χ3n) is 6.03. The molecule has 2 unspecified atom stereocenters. The SMILES string of the molecule is CCC(C)C1NC(=O)CNC(=O)CCc2c([nH]c3ccc(OC)cc23)SCCNC(=O)CNC1=O. The van der Waals surface area contributed by atoms with Crippen LogP contribution in [0.5, 0.6) is 5.75 Å². The first-order valence-corrected chi connectivity index (χ1v) is 12.7. The zero-order chi connectivity index (χ0) is 25.4. The van der Waals surface area contributed by atoms with Crippen LogP contribution in [-0.4, -0.2) is 67.2 Å². The molecule has 1 aliphatic heterocycles. The lowest BCUT2D eigenvalue weighted by molar-refractivity contribution is -0.132. The van der Waals surface area contributed by atoms with E-state index in [-0.39, 0.29) is 37.2 Å². The molecule has 0 saturated carbocycles. The van der Waals surface area contributed by atoms with Crippen LogP contribution >= 0.6 is 11.8 Å². The molecule has 3 rings (SSSR count). The maximum absolute atomic E-state index is 12.6. The monoisotopic (exact) mass is 503 g/mol. The Morgan fingerprint density at radius 1 is 1.03 bits per heavy atom. The van der Waals surface area contributed by atoms with Gasteiger partial charge in [-0.05, 0) is 36.1 Å². The second-order valence-electron chi connectivity index (χ2n) is 8.47. The molecule has 10 nitrogen and oxygen atoms in total. The van der Waals surface area contributed by atoms with Gasteiger partial charge in [0.1, 0.15) is 11.8 Å². The number of thioether (sulfide) groups is 1. The van der Waals surface area contributed by atoms with E-state index in [0.29, 0.717) is 25.1 Å². The molecule has 2 atom stereocenters. The van der Waals surface area contributed by atoms with E-state index < -0.39 is 17.9 Å². The standard InChI is InChI=1S/C24H33N5O5S/c1-4-14(2)22-23(33)27-12-20(31)25-9-10-35-24-16(6-8-19(30)26-13-21(32)29-22)17-11-15(34-3)5-7-18(17)28-24/h5,7,11,14,22,28H,4,6,8-10,12-13H2,1-3H3,(H,25,31)(H,26,30)(H,27,33)(H,29,32). The molecule has 1 aromatic carbocycles. The minimum atomic E-state index is -0.796. The number of benzene rings is 1. The Hall–Kier alpha value is -3.21. The number of amides is 4. The third kappa shape index (κ3) is 7.14. The molecule has 1 aliphatic rings. The summed E-state index contributed by atoms with van der Waals surface area (Å²) in [6, 6.07) is 4.93. The molecule has 4 amide bonds. The molecule has 0 radical (unpaired) electrons. The van der Waals surface area contributed by atoms with Gasteiger partial charge in [-0.1, -0.05) is 20.3 Å². The van der Waals surface area contributed by atoms with E-state index in [4.69, 9.17) is 4.74 Å². The van der Waals surface area contributed by atoms with E-state index >= 15 is 0 Å². The zero-order valence-electron chi connectivity index (χ0n) is 20.3. The molecular formula is C24H33N5O5S. The van der Waals surface area contributed by atoms with E-state index in [1.807, 2.05) is 32.0 Å². The predicted octanol–water partition coefficient (Wildman–Crippen LogP) is 1.09. The van der Waals surface area contributed by atoms with Gasteiger partial charge in [0, 0.05) is 29.6 Å². The van der Waals surface area contributed by atoms with Gasteiger partial charge in [0.05, 0.1) is 25.2 Å². The van der Waals surface area contributed by atoms with Crippen molar-refractivity contribution in [2.75, 3.05) is 32.5 Å². The fourth-order valence-electron chi connectivity index (χ4n) is 3.82. The Bertz CT molecular complexity index is 1090. The number of nitrogens with one attached hydrogen (secondary N) is 5. The number of carbonyl (C=O) groups is 4. The quantitative estimate of drug-likeness (QED) is 0.425. The van der Waals surface area contributed by atoms with Crippen LogP contribution in [-0.2, 0) is 25.6 Å². The first-order chi connectivity index (χ1) is 16.8. The highest BCUT2D eigenvalue weighted by Gasteiger charge is 2.26. The summed E-state index contributed by atoms with van der Waals surface area (Å²) in [4.78, 5) is 53.2. The van der Waals surface area contributed by atoms with E-state index in [2.05, 4.69) is 26.3 Å². The Balaban J connectivity index is 1.80. The molecule has 5 N–H and O–H groups in total. The van der Waals surface area contributed by atoms with Crippen LogP contribution in [0.3, 0.4) is 0 Å². The number of aromatic nitrogens is 1. The topological polar surface area (TPSA) is 141 Å². The molecule has 0 saturated heterocycles. The van der Waals surface area contributed by atoms with Crippen molar-refractivity contribution in [1.29, 1.82) is 0 Å². The van der Waals surface area contributed by atoms with Crippen molar-refractivity contribution in [2.45, 2.75) is 44.2 Å². The number of hydrogen-bond donors (Lipinski definition) is 5. The summed E-state index contributed by atoms with van der Waals surface area (Å²) in [6.45, 7) is 3.75. The van der Waals surface area contributed by atoms with Crippen LogP contribution in [0.25, 0.3) is 10.9 Å². The number of aromatic amines is 1. The van der Waals surface area contributed by atoms with Gasteiger partial charge in [-0.25, -0.2) is 0 Å². The number of fused-ring (bicyclic) bond motifs is 3. The summed E-state index contributed by atoms with van der Waals surface area (Å²) in [5.74, 6) is -0.268. The van der Waals surface area contributed by atoms with Crippen molar-refractivity contribution in [3.63, 3.8) is 0 Å². The number of methoxy groups -OCH3 is 1. The summed E-state index contributed by atoms with van der Waals surface area (Å²) in [7, 11) is 1.60. The van der Waals surface area contributed by atoms with Crippen LogP contribution in [0.4, 0.5) is 0 Å². The second-order valence-corrected chi connectivity index (χ2v) is 9.57. The Morgan fingerprint density at radius 2 is 1.80 bits per heavy atom. The summed E-state index contributed by atoms with van der Waals surface area (Å²) < 4.78 is 5.36. The minimum Gasteiger partial charge on any atom is -0.497 e. The molecular weight excluding hydrogens is 470 g/mol. The number of ether oxygens (including phenoxy) is 1. The van der Waals surface area contributed by atoms with Gasteiger partial charge < -0.3 is 31.0 Å². The maximum Gasteiger partial charge on any atom is 0.243 e. The van der Waals surface area contributed by atoms with Crippen molar-refractivity contribution in [3.05, 3.63) is 23.8 Å². The van der Waals surface area contributed by atoms with Gasteiger partial charge in [0.15, 0.2) is 0 Å². The summed E-state index contributed by atoms with van der Waals surface area (Å²) in [5, 5.41) is 12.6. The van der Waals surface area contributed by atoms with Crippen LogP contribution in [0.2, 0.25) is 0 Å². The fourth-order valence-corrected chi connectivity index (χ4v) is 4.79. The molecule has 11 heteroatoms. The largest absolute Gasteiger partial charge is 0.497 e. The Labute approximate surface area is 208 Å². The lowest BCUT2D eigenvalue weighted by atomic mass is 9.98. The van der Waals surface area contributed by atoms with Crippen LogP contribution in [0, 0.1) is 5.92 Å². The van der Waals surface area contributed by atoms with Gasteiger partial charge >= 0.3 is 0 Å². The van der Waals surface area contributed by atoms with Crippen molar-refractivity contribution < 1.29 is 23.9 Å². The van der Waals surface area contributed by atoms with Crippen LogP contribution in [0.15, 0.2) is 23.2 Å². The highest BCUT2D eigenvalue weighted by atomic mass is 32.2. The fraction of sp³-hybridized carbons (Fsp3) is 0.500. The Morgan fingerprint density at radius 3 is 2.54 bits per heavy atom. The van der Waals surface area contributed by atoms with E-state index in [0.717, 1.165) is 27.2 Å². The molecule has 0 aliphatic carbocycles. The van der Waals surface area contributed by atoms with Crippen molar-refractivity contribution in [3.8, 4) is 5.75 Å². The van der Waals surface area contributed by atoms with Gasteiger partial charge in [0.25, 0.3) is 0 Å². The first kappa shape index (κ1) is 26.4. The molecule has 190 valence electrons. The lowest BCUT2D eigenvalue weighted by Gasteiger charge is -2.23. The van der Waals surface area contributed by atoms with Crippen molar-refractivity contribution in [2.24, 2.45) is 5.92 Å². The molecule has 0 fully saturated rings. The molecule has 35 heavy (non-hydrogen) atoms. The summed E-state index contributed by atoms with van der Waals surface area (Å²) in [5.41, 5.74) is 1.91. The van der Waals surface area contributed by atoms with Gasteiger partial charge in [-0.3, -0.25) is 19.2 Å². The normalized spacial score (nSPS) is 19.9. The van der Waals surface area contributed by atoms with E-state index in [9.17, 15) is 19.2 Å². The van der Waals surface area contributed by atoms with Crippen molar-refractivity contribution >= 4 is 46.3 Å². The van der Waals surface area contributed by atoms with Gasteiger partial charge in [-0.2, -0.15) is 0 Å². The molecule has 1 aromatic heterocycles. The first-order valence-electron chi connectivity index (χ1n) is 11.7. The lowest BCUT2D eigenvalue weighted by Crippen LogP contribution is -2.53. The van der Waals surface area contributed by atoms with Crippen LogP contribution in [0.1, 0.15) is 32.3 Å². The van der Waals surface area contributed by atoms with E-state index in [1.165, 1.54) is 0 Å². The summed E-state index contributed by atoms with van der Waals surface area (Å²) >= 11 is 1.55. The third-order valence-corrected chi connectivity index (χ3v) is 7.07. The zero-order valence-corrected chi connectivity index (χ0v) is 21.1.